The molecular formula is C27H20ClN3O7S. The average Bonchev–Trinajstić information content (AvgIpc) is 3.45. The first-order valence-electron chi connectivity index (χ1n) is 11.9. The van der Waals surface area contributed by atoms with Crippen molar-refractivity contribution < 1.29 is 23.6 Å². The SMILES string of the molecule is CC(=O)[C@@H]1[C@@H]2c3ccccc3O[C@]1(C)N=c1s/c(=C/c3ccc(COc4ccc(Cl)cc4[N+](=O)[O-])o3)c(=O)n12. The summed E-state index contributed by atoms with van der Waals surface area (Å²) in [5, 5.41) is 11.5. The van der Waals surface area contributed by atoms with Gasteiger partial charge in [-0.15, -0.1) is 0 Å². The average molecular weight is 566 g/mol. The molecule has 39 heavy (non-hydrogen) atoms. The summed E-state index contributed by atoms with van der Waals surface area (Å²) in [5.74, 6) is 0.663. The molecule has 0 aliphatic carbocycles. The number of nitro groups is 1. The Balaban J connectivity index is 1.35. The molecule has 2 aromatic heterocycles. The zero-order valence-corrected chi connectivity index (χ0v) is 22.2. The van der Waals surface area contributed by atoms with Crippen LogP contribution in [0.25, 0.3) is 6.08 Å². The van der Waals surface area contributed by atoms with Gasteiger partial charge in [0.15, 0.2) is 10.6 Å². The molecule has 4 heterocycles. The third kappa shape index (κ3) is 4.23. The Hall–Kier alpha value is -4.22. The molecule has 12 heteroatoms. The molecule has 0 unspecified atom stereocenters. The van der Waals surface area contributed by atoms with Crippen LogP contribution in [0.5, 0.6) is 11.5 Å². The van der Waals surface area contributed by atoms with E-state index in [0.29, 0.717) is 26.6 Å². The number of Topliss-reactive ketones (excluding diaryl/α,β-unsaturated/α-hetero) is 1. The predicted molar refractivity (Wildman–Crippen MR) is 142 cm³/mol. The molecule has 2 bridgehead atoms. The van der Waals surface area contributed by atoms with Crippen LogP contribution in [0, 0.1) is 16.0 Å². The number of nitro benzene ring substituents is 1. The van der Waals surface area contributed by atoms with Crippen molar-refractivity contribution in [1.82, 2.24) is 4.57 Å². The molecular weight excluding hydrogens is 546 g/mol. The van der Waals surface area contributed by atoms with E-state index in [-0.39, 0.29) is 34.4 Å². The lowest BCUT2D eigenvalue weighted by molar-refractivity contribution is -0.385. The molecule has 4 aromatic rings. The monoisotopic (exact) mass is 565 g/mol. The molecule has 2 aliphatic rings. The normalized spacial score (nSPS) is 21.4. The van der Waals surface area contributed by atoms with Crippen molar-refractivity contribution in [3.63, 3.8) is 0 Å². The lowest BCUT2D eigenvalue weighted by atomic mass is 9.79. The summed E-state index contributed by atoms with van der Waals surface area (Å²) in [6.45, 7) is 3.19. The molecule has 0 amide bonds. The highest BCUT2D eigenvalue weighted by atomic mass is 35.5. The Labute approximate surface area is 229 Å². The molecule has 0 saturated heterocycles. The van der Waals surface area contributed by atoms with Gasteiger partial charge in [-0.25, -0.2) is 4.99 Å². The zero-order chi connectivity index (χ0) is 27.5. The standard InChI is InChI=1S/C27H20ClN3O7S/c1-14(32)23-24-18-5-3-4-6-20(18)38-27(23,2)29-26-30(24)25(33)22(39-26)12-16-8-9-17(37-16)13-36-21-10-7-15(28)11-19(21)31(34)35/h3-12,23-24H,13H2,1-2H3/b22-12+/t23-,24+,27+/m1/s1. The number of benzene rings is 2. The number of hydrogen-bond acceptors (Lipinski definition) is 9. The first-order chi connectivity index (χ1) is 18.6. The van der Waals surface area contributed by atoms with Crippen LogP contribution in [0.4, 0.5) is 5.69 Å². The minimum absolute atomic E-state index is 0.0549. The molecule has 0 N–H and O–H groups in total. The number of ether oxygens (including phenoxy) is 2. The highest BCUT2D eigenvalue weighted by Gasteiger charge is 2.53. The van der Waals surface area contributed by atoms with Crippen LogP contribution in [-0.2, 0) is 11.4 Å². The summed E-state index contributed by atoms with van der Waals surface area (Å²) < 4.78 is 19.5. The molecule has 10 nitrogen and oxygen atoms in total. The number of halogens is 1. The van der Waals surface area contributed by atoms with Gasteiger partial charge in [0, 0.05) is 22.7 Å². The van der Waals surface area contributed by atoms with Gasteiger partial charge in [-0.05, 0) is 44.2 Å². The number of hydrogen-bond donors (Lipinski definition) is 0. The number of carbonyl (C=O) groups excluding carboxylic acids is 1. The fourth-order valence-electron chi connectivity index (χ4n) is 5.14. The molecule has 3 atom stereocenters. The number of nitrogens with zero attached hydrogens (tertiary/aromatic N) is 3. The van der Waals surface area contributed by atoms with Gasteiger partial charge >= 0.3 is 5.69 Å². The topological polar surface area (TPSA) is 126 Å². The Morgan fingerprint density at radius 3 is 2.85 bits per heavy atom. The van der Waals surface area contributed by atoms with E-state index in [9.17, 15) is 19.7 Å². The molecule has 2 aliphatic heterocycles. The van der Waals surface area contributed by atoms with Gasteiger partial charge in [-0.3, -0.25) is 24.3 Å². The number of carbonyl (C=O) groups is 1. The Kier molecular flexibility index (Phi) is 5.92. The first-order valence-corrected chi connectivity index (χ1v) is 13.1. The van der Waals surface area contributed by atoms with Gasteiger partial charge in [0.25, 0.3) is 5.56 Å². The summed E-state index contributed by atoms with van der Waals surface area (Å²) in [4.78, 5) is 42.3. The van der Waals surface area contributed by atoms with Gasteiger partial charge in [0.2, 0.25) is 5.72 Å². The lowest BCUT2D eigenvalue weighted by Crippen LogP contribution is -2.58. The largest absolute Gasteiger partial charge is 0.479 e. The predicted octanol–water partition coefficient (Wildman–Crippen LogP) is 4.01. The van der Waals surface area contributed by atoms with E-state index in [4.69, 9.17) is 30.5 Å². The zero-order valence-electron chi connectivity index (χ0n) is 20.6. The first kappa shape index (κ1) is 25.1. The fraction of sp³-hybridized carbons (Fsp3) is 0.222. The smallest absolute Gasteiger partial charge is 0.312 e. The molecule has 198 valence electrons. The maximum Gasteiger partial charge on any atom is 0.312 e. The number of aromatic nitrogens is 1. The van der Waals surface area contributed by atoms with Crippen molar-refractivity contribution in [3.8, 4) is 11.5 Å². The third-order valence-electron chi connectivity index (χ3n) is 6.76. The van der Waals surface area contributed by atoms with Crippen molar-refractivity contribution in [2.45, 2.75) is 32.2 Å². The number of fused-ring (bicyclic) bond motifs is 6. The van der Waals surface area contributed by atoms with E-state index >= 15 is 0 Å². The van der Waals surface area contributed by atoms with Crippen molar-refractivity contribution in [3.05, 3.63) is 107 Å². The van der Waals surface area contributed by atoms with Gasteiger partial charge in [-0.2, -0.15) is 0 Å². The van der Waals surface area contributed by atoms with Crippen LogP contribution >= 0.6 is 22.9 Å². The van der Waals surface area contributed by atoms with E-state index in [2.05, 4.69) is 0 Å². The van der Waals surface area contributed by atoms with Gasteiger partial charge in [0.1, 0.15) is 35.6 Å². The second-order valence-electron chi connectivity index (χ2n) is 9.37. The second-order valence-corrected chi connectivity index (χ2v) is 10.8. The number of furan rings is 1. The van der Waals surface area contributed by atoms with E-state index in [0.717, 1.165) is 5.56 Å². The summed E-state index contributed by atoms with van der Waals surface area (Å²) in [6, 6.07) is 14.3. The third-order valence-corrected chi connectivity index (χ3v) is 7.98. The Morgan fingerprint density at radius 2 is 2.08 bits per heavy atom. The number of rotatable bonds is 6. The van der Waals surface area contributed by atoms with E-state index in [1.54, 1.807) is 29.7 Å². The number of thiazole rings is 1. The molecule has 0 fully saturated rings. The summed E-state index contributed by atoms with van der Waals surface area (Å²) in [7, 11) is 0. The Bertz CT molecular complexity index is 1840. The van der Waals surface area contributed by atoms with Crippen molar-refractivity contribution in [1.29, 1.82) is 0 Å². The maximum absolute atomic E-state index is 13.6. The Morgan fingerprint density at radius 1 is 1.28 bits per heavy atom. The van der Waals surface area contributed by atoms with E-state index in [1.165, 1.54) is 36.5 Å². The van der Waals surface area contributed by atoms with Gasteiger partial charge in [-0.1, -0.05) is 41.1 Å². The van der Waals surface area contributed by atoms with Gasteiger partial charge < -0.3 is 13.9 Å². The lowest BCUT2D eigenvalue weighted by Gasteiger charge is -2.45. The minimum atomic E-state index is -1.14. The van der Waals surface area contributed by atoms with Crippen LogP contribution in [0.3, 0.4) is 0 Å². The number of para-hydroxylation sites is 1. The molecule has 6 rings (SSSR count). The highest BCUT2D eigenvalue weighted by molar-refractivity contribution is 7.07. The summed E-state index contributed by atoms with van der Waals surface area (Å²) in [5.41, 5.74) is -0.930. The van der Waals surface area contributed by atoms with Crippen LogP contribution in [0.15, 0.2) is 68.8 Å². The number of ketones is 1. The molecule has 2 aromatic carbocycles. The summed E-state index contributed by atoms with van der Waals surface area (Å²) in [6.07, 6.45) is 1.60. The second kappa shape index (κ2) is 9.21. The van der Waals surface area contributed by atoms with Crippen LogP contribution in [0.2, 0.25) is 5.02 Å². The fourth-order valence-corrected chi connectivity index (χ4v) is 6.38. The van der Waals surface area contributed by atoms with Crippen LogP contribution in [-0.4, -0.2) is 21.0 Å². The highest BCUT2D eigenvalue weighted by Crippen LogP contribution is 2.47. The maximum atomic E-state index is 13.6. The molecule has 0 spiro atoms. The van der Waals surface area contributed by atoms with Crippen molar-refractivity contribution in [2.75, 3.05) is 0 Å². The van der Waals surface area contributed by atoms with Crippen LogP contribution < -0.4 is 24.4 Å². The minimum Gasteiger partial charge on any atom is -0.479 e. The molecule has 0 radical (unpaired) electrons. The molecule has 0 saturated carbocycles. The van der Waals surface area contributed by atoms with Crippen molar-refractivity contribution >= 4 is 40.5 Å². The quantitative estimate of drug-likeness (QED) is 0.255. The van der Waals surface area contributed by atoms with Crippen LogP contribution in [0.1, 0.15) is 37.0 Å². The van der Waals surface area contributed by atoms with E-state index in [1.807, 2.05) is 24.3 Å². The van der Waals surface area contributed by atoms with Crippen molar-refractivity contribution in [2.24, 2.45) is 10.9 Å². The van der Waals surface area contributed by atoms with E-state index < -0.39 is 22.6 Å². The summed E-state index contributed by atoms with van der Waals surface area (Å²) >= 11 is 7.04. The van der Waals surface area contributed by atoms with Gasteiger partial charge in [0.05, 0.1) is 15.5 Å².